The van der Waals surface area contributed by atoms with Gasteiger partial charge >= 0.3 is 6.09 Å². The molecule has 0 aliphatic carbocycles. The van der Waals surface area contributed by atoms with Crippen LogP contribution in [-0.4, -0.2) is 23.1 Å². The Labute approximate surface area is 107 Å². The van der Waals surface area contributed by atoms with E-state index in [-0.39, 0.29) is 16.3 Å². The predicted octanol–water partition coefficient (Wildman–Crippen LogP) is 3.71. The molecule has 0 aromatic rings. The van der Waals surface area contributed by atoms with Crippen molar-refractivity contribution in [3.05, 3.63) is 0 Å². The fourth-order valence-corrected chi connectivity index (χ4v) is 2.38. The molecule has 0 bridgehead atoms. The van der Waals surface area contributed by atoms with E-state index in [1.165, 1.54) is 0 Å². The highest BCUT2D eigenvalue weighted by molar-refractivity contribution is 9.09. The molecule has 1 amide bonds. The second-order valence-corrected chi connectivity index (χ2v) is 7.54. The normalized spacial score (nSPS) is 14.4. The molecule has 0 radical (unpaired) electrons. The van der Waals surface area contributed by atoms with Gasteiger partial charge in [0, 0.05) is 11.4 Å². The predicted molar refractivity (Wildman–Crippen MR) is 71.0 cm³/mol. The molecule has 0 saturated carbocycles. The van der Waals surface area contributed by atoms with E-state index < -0.39 is 5.60 Å². The molecule has 0 rings (SSSR count). The molecule has 1 N–H and O–H groups in total. The summed E-state index contributed by atoms with van der Waals surface area (Å²) in [6.45, 7) is 12.7. The molecule has 0 aromatic heterocycles. The van der Waals surface area contributed by atoms with E-state index in [1.807, 2.05) is 20.8 Å². The first-order valence-electron chi connectivity index (χ1n) is 5.60. The Balaban J connectivity index is 3.85. The average molecular weight is 294 g/mol. The van der Waals surface area contributed by atoms with Crippen LogP contribution in [0.4, 0.5) is 4.79 Å². The molecule has 0 aliphatic heterocycles. The van der Waals surface area contributed by atoms with Crippen molar-refractivity contribution in [3.63, 3.8) is 0 Å². The summed E-state index contributed by atoms with van der Waals surface area (Å²) >= 11 is 3.55. The van der Waals surface area contributed by atoms with Crippen LogP contribution in [0.15, 0.2) is 0 Å². The number of amides is 1. The smallest absolute Gasteiger partial charge is 0.407 e. The van der Waals surface area contributed by atoms with E-state index in [9.17, 15) is 4.79 Å². The van der Waals surface area contributed by atoms with Crippen molar-refractivity contribution >= 4 is 22.0 Å². The van der Waals surface area contributed by atoms with Gasteiger partial charge in [0.05, 0.1) is 0 Å². The molecular weight excluding hydrogens is 270 g/mol. The molecule has 0 fully saturated rings. The van der Waals surface area contributed by atoms with Crippen molar-refractivity contribution in [2.75, 3.05) is 6.54 Å². The lowest BCUT2D eigenvalue weighted by molar-refractivity contribution is 0.0526. The summed E-state index contributed by atoms with van der Waals surface area (Å²) in [5.74, 6) is 0. The average Bonchev–Trinajstić information content (AvgIpc) is 1.94. The number of carbonyl (C=O) groups is 1. The lowest BCUT2D eigenvalue weighted by Crippen LogP contribution is -2.36. The lowest BCUT2D eigenvalue weighted by atomic mass is 9.90. The van der Waals surface area contributed by atoms with Crippen LogP contribution < -0.4 is 5.32 Å². The van der Waals surface area contributed by atoms with Crippen LogP contribution in [0.1, 0.15) is 48.0 Å². The molecule has 1 unspecified atom stereocenters. The zero-order valence-corrected chi connectivity index (χ0v) is 12.8. The summed E-state index contributed by atoms with van der Waals surface area (Å²) < 4.78 is 5.15. The van der Waals surface area contributed by atoms with Crippen molar-refractivity contribution < 1.29 is 9.53 Å². The third kappa shape index (κ3) is 10.3. The van der Waals surface area contributed by atoms with Gasteiger partial charge in [0.2, 0.25) is 0 Å². The molecule has 1 atom stereocenters. The minimum absolute atomic E-state index is 0.254. The molecule has 0 spiro atoms. The standard InChI is InChI=1S/C12H24BrNO2/c1-11(2,3)7-9(13)8-14-10(15)16-12(4,5)6/h9H,7-8H2,1-6H3,(H,14,15). The first-order chi connectivity index (χ1) is 6.99. The van der Waals surface area contributed by atoms with Crippen LogP contribution in [0.3, 0.4) is 0 Å². The summed E-state index contributed by atoms with van der Waals surface area (Å²) in [4.78, 5) is 11.7. The molecule has 4 heteroatoms. The van der Waals surface area contributed by atoms with Gasteiger partial charge in [0.15, 0.2) is 0 Å². The maximum Gasteiger partial charge on any atom is 0.407 e. The quantitative estimate of drug-likeness (QED) is 0.806. The van der Waals surface area contributed by atoms with Gasteiger partial charge in [-0.15, -0.1) is 0 Å². The summed E-state index contributed by atoms with van der Waals surface area (Å²) in [7, 11) is 0. The van der Waals surface area contributed by atoms with Crippen LogP contribution in [0.5, 0.6) is 0 Å². The summed E-state index contributed by atoms with van der Waals surface area (Å²) in [6, 6.07) is 0. The molecule has 3 nitrogen and oxygen atoms in total. The highest BCUT2D eigenvalue weighted by Crippen LogP contribution is 2.24. The second kappa shape index (κ2) is 5.89. The number of carbonyl (C=O) groups excluding carboxylic acids is 1. The Bertz CT molecular complexity index is 228. The first-order valence-corrected chi connectivity index (χ1v) is 6.52. The molecule has 16 heavy (non-hydrogen) atoms. The molecule has 96 valence electrons. The topological polar surface area (TPSA) is 38.3 Å². The minimum atomic E-state index is -0.435. The number of rotatable bonds is 3. The van der Waals surface area contributed by atoms with Crippen molar-refractivity contribution in [2.45, 2.75) is 58.4 Å². The number of halogens is 1. The Hall–Kier alpha value is -0.250. The zero-order valence-electron chi connectivity index (χ0n) is 11.2. The molecule has 0 heterocycles. The van der Waals surface area contributed by atoms with Gasteiger partial charge in [-0.25, -0.2) is 4.79 Å². The number of alkyl halides is 1. The Kier molecular flexibility index (Phi) is 5.80. The first kappa shape index (κ1) is 15.8. The van der Waals surface area contributed by atoms with Gasteiger partial charge in [0.1, 0.15) is 5.60 Å². The third-order valence-corrected chi connectivity index (χ3v) is 2.35. The largest absolute Gasteiger partial charge is 0.444 e. The van der Waals surface area contributed by atoms with Crippen LogP contribution in [0.2, 0.25) is 0 Å². The molecule has 0 aromatic carbocycles. The molecule has 0 aliphatic rings. The lowest BCUT2D eigenvalue weighted by Gasteiger charge is -2.23. The van der Waals surface area contributed by atoms with Crippen LogP contribution in [0.25, 0.3) is 0 Å². The zero-order chi connectivity index (χ0) is 13.0. The van der Waals surface area contributed by atoms with Gasteiger partial charge in [-0.2, -0.15) is 0 Å². The van der Waals surface area contributed by atoms with Gasteiger partial charge < -0.3 is 10.1 Å². The fourth-order valence-electron chi connectivity index (χ4n) is 1.24. The molecule has 0 saturated heterocycles. The Morgan fingerprint density at radius 2 is 1.75 bits per heavy atom. The highest BCUT2D eigenvalue weighted by Gasteiger charge is 2.19. The van der Waals surface area contributed by atoms with Gasteiger partial charge in [-0.1, -0.05) is 36.7 Å². The highest BCUT2D eigenvalue weighted by atomic mass is 79.9. The number of hydrogen-bond acceptors (Lipinski definition) is 2. The van der Waals surface area contributed by atoms with E-state index in [1.54, 1.807) is 0 Å². The van der Waals surface area contributed by atoms with Crippen molar-refractivity contribution in [1.82, 2.24) is 5.32 Å². The second-order valence-electron chi connectivity index (χ2n) is 6.24. The van der Waals surface area contributed by atoms with Crippen LogP contribution >= 0.6 is 15.9 Å². The summed E-state index contributed by atoms with van der Waals surface area (Å²) in [6.07, 6.45) is 0.647. The van der Waals surface area contributed by atoms with E-state index in [0.29, 0.717) is 6.54 Å². The monoisotopic (exact) mass is 293 g/mol. The van der Waals surface area contributed by atoms with E-state index in [4.69, 9.17) is 4.74 Å². The maximum absolute atomic E-state index is 11.4. The third-order valence-electron chi connectivity index (χ3n) is 1.70. The Morgan fingerprint density at radius 3 is 2.12 bits per heavy atom. The number of alkyl carbamates (subject to hydrolysis) is 1. The van der Waals surface area contributed by atoms with Crippen LogP contribution in [0, 0.1) is 5.41 Å². The van der Waals surface area contributed by atoms with Crippen molar-refractivity contribution in [1.29, 1.82) is 0 Å². The van der Waals surface area contributed by atoms with Crippen LogP contribution in [-0.2, 0) is 4.74 Å². The maximum atomic E-state index is 11.4. The molecular formula is C12H24BrNO2. The van der Waals surface area contributed by atoms with Crippen molar-refractivity contribution in [3.8, 4) is 0 Å². The van der Waals surface area contributed by atoms with Gasteiger partial charge in [-0.3, -0.25) is 0 Å². The van der Waals surface area contributed by atoms with E-state index >= 15 is 0 Å². The number of ether oxygens (including phenoxy) is 1. The summed E-state index contributed by atoms with van der Waals surface area (Å²) in [5, 5.41) is 2.75. The van der Waals surface area contributed by atoms with E-state index in [2.05, 4.69) is 42.0 Å². The van der Waals surface area contributed by atoms with Crippen molar-refractivity contribution in [2.24, 2.45) is 5.41 Å². The Morgan fingerprint density at radius 1 is 1.25 bits per heavy atom. The minimum Gasteiger partial charge on any atom is -0.444 e. The van der Waals surface area contributed by atoms with Gasteiger partial charge in [0.25, 0.3) is 0 Å². The number of nitrogens with one attached hydrogen (secondary N) is 1. The van der Waals surface area contributed by atoms with Gasteiger partial charge in [-0.05, 0) is 32.6 Å². The SMILES string of the molecule is CC(C)(C)CC(Br)CNC(=O)OC(C)(C)C. The number of hydrogen-bond donors (Lipinski definition) is 1. The van der Waals surface area contributed by atoms with E-state index in [0.717, 1.165) is 6.42 Å². The summed E-state index contributed by atoms with van der Waals surface area (Å²) in [5.41, 5.74) is -0.181. The fraction of sp³-hybridized carbons (Fsp3) is 0.917.